The summed E-state index contributed by atoms with van der Waals surface area (Å²) in [4.78, 5) is 23.9. The summed E-state index contributed by atoms with van der Waals surface area (Å²) < 4.78 is 0. The van der Waals surface area contributed by atoms with E-state index in [4.69, 9.17) is 5.73 Å². The topological polar surface area (TPSA) is 72.2 Å². The Morgan fingerprint density at radius 3 is 2.32 bits per heavy atom. The Bertz CT molecular complexity index is 636. The smallest absolute Gasteiger partial charge is 0.237 e. The van der Waals surface area contributed by atoms with Crippen molar-refractivity contribution in [2.45, 2.75) is 19.4 Å². The number of carbonyl (C=O) groups is 2. The van der Waals surface area contributed by atoms with Crippen molar-refractivity contribution in [1.82, 2.24) is 5.32 Å². The number of rotatable bonds is 6. The van der Waals surface area contributed by atoms with E-state index in [9.17, 15) is 9.59 Å². The van der Waals surface area contributed by atoms with Crippen LogP contribution in [0.1, 0.15) is 21.5 Å². The second kappa shape index (κ2) is 7.52. The van der Waals surface area contributed by atoms with E-state index in [-0.39, 0.29) is 18.2 Å². The average molecular weight is 296 g/mol. The second-order valence-corrected chi connectivity index (χ2v) is 5.30. The number of nitrogens with two attached hydrogens (primary N) is 1. The molecule has 0 heterocycles. The zero-order valence-electron chi connectivity index (χ0n) is 12.6. The van der Waals surface area contributed by atoms with Crippen LogP contribution in [0.3, 0.4) is 0 Å². The molecule has 0 unspecified atom stereocenters. The summed E-state index contributed by atoms with van der Waals surface area (Å²) in [5.41, 5.74) is 8.54. The number of hydrogen-bond acceptors (Lipinski definition) is 3. The maximum Gasteiger partial charge on any atom is 0.237 e. The predicted molar refractivity (Wildman–Crippen MR) is 86.6 cm³/mol. The van der Waals surface area contributed by atoms with Crippen LogP contribution in [0, 0.1) is 6.92 Å². The highest BCUT2D eigenvalue weighted by atomic mass is 16.2. The molecule has 0 spiro atoms. The van der Waals surface area contributed by atoms with E-state index < -0.39 is 6.04 Å². The van der Waals surface area contributed by atoms with Crippen LogP contribution in [0.2, 0.25) is 0 Å². The Morgan fingerprint density at radius 2 is 1.68 bits per heavy atom. The lowest BCUT2D eigenvalue weighted by Gasteiger charge is -2.12. The van der Waals surface area contributed by atoms with Crippen molar-refractivity contribution < 1.29 is 9.59 Å². The molecule has 2 rings (SSSR count). The lowest BCUT2D eigenvalue weighted by Crippen LogP contribution is -2.43. The quantitative estimate of drug-likeness (QED) is 0.799. The monoisotopic (exact) mass is 296 g/mol. The molecule has 1 atom stereocenters. The summed E-state index contributed by atoms with van der Waals surface area (Å²) in [6.45, 7) is 1.92. The van der Waals surface area contributed by atoms with Gasteiger partial charge in [-0.25, -0.2) is 0 Å². The highest BCUT2D eigenvalue weighted by Gasteiger charge is 2.15. The molecule has 0 aliphatic carbocycles. The van der Waals surface area contributed by atoms with Crippen molar-refractivity contribution >= 4 is 11.7 Å². The third-order valence-electron chi connectivity index (χ3n) is 3.43. The lowest BCUT2D eigenvalue weighted by molar-refractivity contribution is -0.122. The Kier molecular flexibility index (Phi) is 5.44. The molecular weight excluding hydrogens is 276 g/mol. The average Bonchev–Trinajstić information content (AvgIpc) is 2.53. The zero-order valence-corrected chi connectivity index (χ0v) is 12.6. The van der Waals surface area contributed by atoms with E-state index in [1.807, 2.05) is 49.4 Å². The van der Waals surface area contributed by atoms with E-state index in [1.165, 1.54) is 0 Å². The highest BCUT2D eigenvalue weighted by molar-refractivity contribution is 5.99. The molecule has 0 aliphatic rings. The number of benzene rings is 2. The van der Waals surface area contributed by atoms with Crippen molar-refractivity contribution in [3.05, 3.63) is 71.3 Å². The number of Topliss-reactive ketones (excluding diaryl/α,β-unsaturated/α-hetero) is 1. The van der Waals surface area contributed by atoms with Gasteiger partial charge in [0.1, 0.15) is 0 Å². The van der Waals surface area contributed by atoms with E-state index in [2.05, 4.69) is 5.32 Å². The van der Waals surface area contributed by atoms with Crippen LogP contribution in [-0.2, 0) is 11.2 Å². The Hall–Kier alpha value is -2.46. The summed E-state index contributed by atoms with van der Waals surface area (Å²) in [6, 6.07) is 16.2. The molecule has 114 valence electrons. The summed E-state index contributed by atoms with van der Waals surface area (Å²) in [6.07, 6.45) is 0.450. The van der Waals surface area contributed by atoms with Gasteiger partial charge in [0.2, 0.25) is 5.91 Å². The third kappa shape index (κ3) is 4.53. The van der Waals surface area contributed by atoms with Gasteiger partial charge in [0, 0.05) is 5.56 Å². The van der Waals surface area contributed by atoms with Gasteiger partial charge >= 0.3 is 0 Å². The first-order chi connectivity index (χ1) is 10.6. The lowest BCUT2D eigenvalue weighted by atomic mass is 10.1. The standard InChI is InChI=1S/C18H20N2O2/c1-13-7-9-15(10-8-13)17(21)12-20-18(22)16(19)11-14-5-3-2-4-6-14/h2-10,16H,11-12,19H2,1H3,(H,20,22)/t16-/m0/s1. The molecule has 0 fully saturated rings. The highest BCUT2D eigenvalue weighted by Crippen LogP contribution is 2.04. The Balaban J connectivity index is 1.84. The molecule has 1 amide bonds. The van der Waals surface area contributed by atoms with Crippen molar-refractivity contribution in [1.29, 1.82) is 0 Å². The van der Waals surface area contributed by atoms with Crippen LogP contribution in [0.25, 0.3) is 0 Å². The SMILES string of the molecule is Cc1ccc(C(=O)CNC(=O)[C@@H](N)Cc2ccccc2)cc1. The van der Waals surface area contributed by atoms with Gasteiger partial charge in [-0.2, -0.15) is 0 Å². The number of nitrogens with one attached hydrogen (secondary N) is 1. The molecule has 0 aliphatic heterocycles. The van der Waals surface area contributed by atoms with Crippen molar-refractivity contribution in [2.24, 2.45) is 5.73 Å². The molecule has 4 heteroatoms. The van der Waals surface area contributed by atoms with Gasteiger partial charge < -0.3 is 11.1 Å². The minimum Gasteiger partial charge on any atom is -0.347 e. The maximum absolute atomic E-state index is 12.0. The van der Waals surface area contributed by atoms with Gasteiger partial charge in [-0.3, -0.25) is 9.59 Å². The van der Waals surface area contributed by atoms with Crippen LogP contribution >= 0.6 is 0 Å². The summed E-state index contributed by atoms with van der Waals surface area (Å²) in [7, 11) is 0. The van der Waals surface area contributed by atoms with Crippen molar-refractivity contribution in [3.63, 3.8) is 0 Å². The number of aryl methyl sites for hydroxylation is 1. The van der Waals surface area contributed by atoms with Gasteiger partial charge in [-0.05, 0) is 18.9 Å². The first kappa shape index (κ1) is 15.9. The van der Waals surface area contributed by atoms with E-state index in [0.29, 0.717) is 12.0 Å². The fraction of sp³-hybridized carbons (Fsp3) is 0.222. The molecule has 3 N–H and O–H groups in total. The molecule has 0 bridgehead atoms. The van der Waals surface area contributed by atoms with Gasteiger partial charge in [-0.1, -0.05) is 60.2 Å². The number of amides is 1. The molecule has 22 heavy (non-hydrogen) atoms. The number of ketones is 1. The summed E-state index contributed by atoms with van der Waals surface area (Å²) in [5, 5.41) is 2.60. The fourth-order valence-electron chi connectivity index (χ4n) is 2.10. The van der Waals surface area contributed by atoms with Crippen LogP contribution in [0.5, 0.6) is 0 Å². The first-order valence-corrected chi connectivity index (χ1v) is 7.23. The number of carbonyl (C=O) groups excluding carboxylic acids is 2. The van der Waals surface area contributed by atoms with E-state index >= 15 is 0 Å². The molecule has 0 aromatic heterocycles. The van der Waals surface area contributed by atoms with Crippen LogP contribution in [-0.4, -0.2) is 24.3 Å². The van der Waals surface area contributed by atoms with Crippen LogP contribution < -0.4 is 11.1 Å². The van der Waals surface area contributed by atoms with Crippen LogP contribution in [0.4, 0.5) is 0 Å². The van der Waals surface area contributed by atoms with Crippen LogP contribution in [0.15, 0.2) is 54.6 Å². The van der Waals surface area contributed by atoms with Crippen molar-refractivity contribution in [2.75, 3.05) is 6.54 Å². The summed E-state index contributed by atoms with van der Waals surface area (Å²) >= 11 is 0. The molecule has 2 aromatic rings. The van der Waals surface area contributed by atoms with Gasteiger partial charge in [0.25, 0.3) is 0 Å². The Labute approximate surface area is 130 Å². The molecule has 0 saturated carbocycles. The van der Waals surface area contributed by atoms with E-state index in [0.717, 1.165) is 11.1 Å². The largest absolute Gasteiger partial charge is 0.347 e. The predicted octanol–water partition coefficient (Wildman–Crippen LogP) is 1.86. The molecular formula is C18H20N2O2. The van der Waals surface area contributed by atoms with Gasteiger partial charge in [0.15, 0.2) is 5.78 Å². The minimum absolute atomic E-state index is 0.0373. The van der Waals surface area contributed by atoms with Crippen molar-refractivity contribution in [3.8, 4) is 0 Å². The first-order valence-electron chi connectivity index (χ1n) is 7.23. The molecule has 2 aromatic carbocycles. The maximum atomic E-state index is 12.0. The molecule has 0 saturated heterocycles. The fourth-order valence-corrected chi connectivity index (χ4v) is 2.10. The Morgan fingerprint density at radius 1 is 1.05 bits per heavy atom. The van der Waals surface area contributed by atoms with Gasteiger partial charge in [0.05, 0.1) is 12.6 Å². The van der Waals surface area contributed by atoms with Gasteiger partial charge in [-0.15, -0.1) is 0 Å². The normalized spacial score (nSPS) is 11.7. The van der Waals surface area contributed by atoms with E-state index in [1.54, 1.807) is 12.1 Å². The number of hydrogen-bond donors (Lipinski definition) is 2. The summed E-state index contributed by atoms with van der Waals surface area (Å²) in [5.74, 6) is -0.440. The minimum atomic E-state index is -0.659. The third-order valence-corrected chi connectivity index (χ3v) is 3.43. The zero-order chi connectivity index (χ0) is 15.9. The second-order valence-electron chi connectivity index (χ2n) is 5.30. The molecule has 4 nitrogen and oxygen atoms in total. The molecule has 0 radical (unpaired) electrons.